The molecular formula is C13H27N. The van der Waals surface area contributed by atoms with Crippen molar-refractivity contribution in [1.29, 1.82) is 0 Å². The number of hydrogen-bond donors (Lipinski definition) is 1. The summed E-state index contributed by atoms with van der Waals surface area (Å²) in [6.07, 6.45) is 7.73. The molecule has 0 rings (SSSR count). The van der Waals surface area contributed by atoms with Crippen LogP contribution in [0.5, 0.6) is 0 Å². The van der Waals surface area contributed by atoms with Crippen molar-refractivity contribution in [3.05, 3.63) is 12.3 Å². The zero-order valence-corrected chi connectivity index (χ0v) is 10.2. The molecule has 0 aromatic heterocycles. The van der Waals surface area contributed by atoms with Crippen molar-refractivity contribution >= 4 is 0 Å². The van der Waals surface area contributed by atoms with Gasteiger partial charge in [-0.05, 0) is 25.2 Å². The molecule has 1 N–H and O–H groups in total. The molecule has 0 atom stereocenters. The van der Waals surface area contributed by atoms with Crippen LogP contribution in [0, 0.1) is 5.92 Å². The van der Waals surface area contributed by atoms with E-state index in [0.717, 1.165) is 18.9 Å². The lowest BCUT2D eigenvalue weighted by atomic mass is 10.0. The summed E-state index contributed by atoms with van der Waals surface area (Å²) >= 11 is 0. The third-order valence-electron chi connectivity index (χ3n) is 2.39. The molecular weight excluding hydrogens is 170 g/mol. The zero-order valence-electron chi connectivity index (χ0n) is 10.2. The van der Waals surface area contributed by atoms with Gasteiger partial charge in [0.25, 0.3) is 0 Å². The Balaban J connectivity index is 3.15. The highest BCUT2D eigenvalue weighted by Crippen LogP contribution is 2.11. The molecule has 0 bridgehead atoms. The summed E-state index contributed by atoms with van der Waals surface area (Å²) in [6, 6.07) is 0. The minimum absolute atomic E-state index is 0.858. The first kappa shape index (κ1) is 13.5. The van der Waals surface area contributed by atoms with Crippen LogP contribution in [0.3, 0.4) is 0 Å². The SMILES string of the molecule is C=C(CCCCCC(C)C)NCCC. The summed E-state index contributed by atoms with van der Waals surface area (Å²) in [5.41, 5.74) is 1.22. The molecule has 1 heteroatoms. The second-order valence-electron chi connectivity index (χ2n) is 4.52. The molecule has 14 heavy (non-hydrogen) atoms. The molecule has 0 heterocycles. The lowest BCUT2D eigenvalue weighted by Gasteiger charge is -2.08. The van der Waals surface area contributed by atoms with Crippen molar-refractivity contribution in [2.75, 3.05) is 6.54 Å². The van der Waals surface area contributed by atoms with Crippen molar-refractivity contribution in [1.82, 2.24) is 5.32 Å². The average molecular weight is 197 g/mol. The molecule has 0 aliphatic carbocycles. The molecule has 0 aliphatic heterocycles. The van der Waals surface area contributed by atoms with Gasteiger partial charge < -0.3 is 5.32 Å². The Hall–Kier alpha value is -0.460. The van der Waals surface area contributed by atoms with Crippen LogP contribution in [-0.4, -0.2) is 6.54 Å². The Morgan fingerprint density at radius 3 is 2.50 bits per heavy atom. The third-order valence-corrected chi connectivity index (χ3v) is 2.39. The molecule has 0 aromatic rings. The Kier molecular flexibility index (Phi) is 8.81. The number of allylic oxidation sites excluding steroid dienone is 1. The maximum absolute atomic E-state index is 4.01. The van der Waals surface area contributed by atoms with Crippen LogP contribution in [0.1, 0.15) is 59.3 Å². The van der Waals surface area contributed by atoms with E-state index in [4.69, 9.17) is 0 Å². The fraction of sp³-hybridized carbons (Fsp3) is 0.846. The van der Waals surface area contributed by atoms with Gasteiger partial charge in [0, 0.05) is 12.2 Å². The number of nitrogens with one attached hydrogen (secondary N) is 1. The van der Waals surface area contributed by atoms with Crippen molar-refractivity contribution in [2.24, 2.45) is 5.92 Å². The third kappa shape index (κ3) is 9.63. The normalized spacial score (nSPS) is 10.6. The van der Waals surface area contributed by atoms with E-state index in [-0.39, 0.29) is 0 Å². The predicted octanol–water partition coefficient (Wildman–Crippen LogP) is 4.11. The van der Waals surface area contributed by atoms with E-state index in [1.165, 1.54) is 37.8 Å². The molecule has 0 aliphatic rings. The van der Waals surface area contributed by atoms with Gasteiger partial charge in [0.2, 0.25) is 0 Å². The van der Waals surface area contributed by atoms with Crippen molar-refractivity contribution in [2.45, 2.75) is 59.3 Å². The molecule has 0 unspecified atom stereocenters. The minimum atomic E-state index is 0.858. The molecule has 84 valence electrons. The van der Waals surface area contributed by atoms with Gasteiger partial charge in [-0.1, -0.05) is 46.6 Å². The lowest BCUT2D eigenvalue weighted by Crippen LogP contribution is -2.12. The standard InChI is InChI=1S/C13H27N/c1-5-11-14-13(4)10-8-6-7-9-12(2)3/h12,14H,4-11H2,1-3H3. The monoisotopic (exact) mass is 197 g/mol. The molecule has 1 nitrogen and oxygen atoms in total. The Morgan fingerprint density at radius 2 is 1.93 bits per heavy atom. The van der Waals surface area contributed by atoms with Gasteiger partial charge in [-0.2, -0.15) is 0 Å². The highest BCUT2D eigenvalue weighted by molar-refractivity contribution is 4.90. The Morgan fingerprint density at radius 1 is 1.21 bits per heavy atom. The molecule has 0 radical (unpaired) electrons. The van der Waals surface area contributed by atoms with Crippen LogP contribution in [-0.2, 0) is 0 Å². The maximum atomic E-state index is 4.01. The first-order chi connectivity index (χ1) is 6.66. The number of rotatable bonds is 9. The van der Waals surface area contributed by atoms with Crippen LogP contribution >= 0.6 is 0 Å². The van der Waals surface area contributed by atoms with E-state index >= 15 is 0 Å². The first-order valence-electron chi connectivity index (χ1n) is 6.08. The van der Waals surface area contributed by atoms with Crippen LogP contribution < -0.4 is 5.32 Å². The van der Waals surface area contributed by atoms with Gasteiger partial charge in [-0.25, -0.2) is 0 Å². The highest BCUT2D eigenvalue weighted by atomic mass is 14.9. The summed E-state index contributed by atoms with van der Waals surface area (Å²) in [7, 11) is 0. The van der Waals surface area contributed by atoms with E-state index in [1.807, 2.05) is 0 Å². The van der Waals surface area contributed by atoms with Crippen molar-refractivity contribution in [3.63, 3.8) is 0 Å². The Labute approximate surface area is 90.0 Å². The largest absolute Gasteiger partial charge is 0.389 e. The molecule has 0 fully saturated rings. The summed E-state index contributed by atoms with van der Waals surface area (Å²) in [5.74, 6) is 0.858. The fourth-order valence-corrected chi connectivity index (χ4v) is 1.46. The second kappa shape index (κ2) is 9.11. The average Bonchev–Trinajstić information content (AvgIpc) is 2.13. The predicted molar refractivity (Wildman–Crippen MR) is 65.4 cm³/mol. The van der Waals surface area contributed by atoms with Crippen LogP contribution in [0.4, 0.5) is 0 Å². The summed E-state index contributed by atoms with van der Waals surface area (Å²) in [6.45, 7) is 11.9. The van der Waals surface area contributed by atoms with Crippen molar-refractivity contribution < 1.29 is 0 Å². The summed E-state index contributed by atoms with van der Waals surface area (Å²) in [4.78, 5) is 0. The van der Waals surface area contributed by atoms with Gasteiger partial charge in [0.1, 0.15) is 0 Å². The zero-order chi connectivity index (χ0) is 10.8. The smallest absolute Gasteiger partial charge is 0.0141 e. The molecule has 0 spiro atoms. The fourth-order valence-electron chi connectivity index (χ4n) is 1.46. The Bertz CT molecular complexity index is 138. The molecule has 0 aromatic carbocycles. The van der Waals surface area contributed by atoms with Crippen LogP contribution in [0.15, 0.2) is 12.3 Å². The number of hydrogen-bond acceptors (Lipinski definition) is 1. The van der Waals surface area contributed by atoms with E-state index < -0.39 is 0 Å². The molecule has 0 amide bonds. The molecule has 0 saturated carbocycles. The van der Waals surface area contributed by atoms with E-state index in [2.05, 4.69) is 32.7 Å². The van der Waals surface area contributed by atoms with Crippen molar-refractivity contribution in [3.8, 4) is 0 Å². The van der Waals surface area contributed by atoms with Gasteiger partial charge in [-0.15, -0.1) is 0 Å². The van der Waals surface area contributed by atoms with Gasteiger partial charge in [-0.3, -0.25) is 0 Å². The topological polar surface area (TPSA) is 12.0 Å². The summed E-state index contributed by atoms with van der Waals surface area (Å²) in [5, 5.41) is 3.34. The van der Waals surface area contributed by atoms with Crippen LogP contribution in [0.25, 0.3) is 0 Å². The quantitative estimate of drug-likeness (QED) is 0.549. The summed E-state index contributed by atoms with van der Waals surface area (Å²) < 4.78 is 0. The van der Waals surface area contributed by atoms with Gasteiger partial charge in [0.05, 0.1) is 0 Å². The van der Waals surface area contributed by atoms with E-state index in [9.17, 15) is 0 Å². The van der Waals surface area contributed by atoms with E-state index in [0.29, 0.717) is 0 Å². The number of unbranched alkanes of at least 4 members (excludes halogenated alkanes) is 2. The second-order valence-corrected chi connectivity index (χ2v) is 4.52. The van der Waals surface area contributed by atoms with E-state index in [1.54, 1.807) is 0 Å². The lowest BCUT2D eigenvalue weighted by molar-refractivity contribution is 0.523. The van der Waals surface area contributed by atoms with Gasteiger partial charge in [0.15, 0.2) is 0 Å². The van der Waals surface area contributed by atoms with Crippen LogP contribution in [0.2, 0.25) is 0 Å². The van der Waals surface area contributed by atoms with Gasteiger partial charge >= 0.3 is 0 Å². The maximum Gasteiger partial charge on any atom is 0.0141 e. The molecule has 0 saturated heterocycles. The highest BCUT2D eigenvalue weighted by Gasteiger charge is 1.96. The minimum Gasteiger partial charge on any atom is -0.389 e. The first-order valence-corrected chi connectivity index (χ1v) is 6.08.